The number of aromatic amines is 1. The molecule has 0 amide bonds. The molecule has 26 heavy (non-hydrogen) atoms. The molecule has 1 aromatic heterocycles. The third-order valence-corrected chi connectivity index (χ3v) is 5.97. The van der Waals surface area contributed by atoms with E-state index in [4.69, 9.17) is 15.5 Å². The summed E-state index contributed by atoms with van der Waals surface area (Å²) in [6.45, 7) is 3.76. The van der Waals surface area contributed by atoms with Gasteiger partial charge in [-0.25, -0.2) is 0 Å². The number of H-pyrrole nitrogens is 1. The number of nitrogens with one attached hydrogen (secondary N) is 2. The van der Waals surface area contributed by atoms with Crippen molar-refractivity contribution in [3.8, 4) is 5.75 Å². The topological polar surface area (TPSA) is 75.4 Å². The zero-order valence-electron chi connectivity index (χ0n) is 15.2. The van der Waals surface area contributed by atoms with Crippen LogP contribution in [0.2, 0.25) is 0 Å². The number of nitrogens with two attached hydrogens (primary N) is 1. The summed E-state index contributed by atoms with van der Waals surface area (Å²) in [7, 11) is 1.71. The van der Waals surface area contributed by atoms with E-state index in [-0.39, 0.29) is 5.41 Å². The second kappa shape index (κ2) is 5.48. The lowest BCUT2D eigenvalue weighted by atomic mass is 9.93. The molecule has 0 spiro atoms. The van der Waals surface area contributed by atoms with E-state index in [1.165, 1.54) is 32.9 Å². The molecule has 0 saturated heterocycles. The number of rotatable bonds is 4. The first-order valence-corrected chi connectivity index (χ1v) is 9.30. The number of methoxy groups -OCH3 is 1. The molecule has 1 aliphatic heterocycles. The molecule has 5 rings (SSSR count). The monoisotopic (exact) mass is 348 g/mol. The van der Waals surface area contributed by atoms with Crippen molar-refractivity contribution in [2.75, 3.05) is 20.2 Å². The molecule has 1 aliphatic carbocycles. The van der Waals surface area contributed by atoms with Crippen molar-refractivity contribution in [3.63, 3.8) is 0 Å². The molecule has 1 saturated carbocycles. The molecule has 2 aromatic carbocycles. The normalized spacial score (nSPS) is 25.2. The summed E-state index contributed by atoms with van der Waals surface area (Å²) in [5.41, 5.74) is 9.58. The summed E-state index contributed by atoms with van der Waals surface area (Å²) >= 11 is 0. The van der Waals surface area contributed by atoms with Gasteiger partial charge in [-0.3, -0.25) is 4.99 Å². The van der Waals surface area contributed by atoms with Crippen LogP contribution in [0, 0.1) is 0 Å². The summed E-state index contributed by atoms with van der Waals surface area (Å²) in [5.74, 6) is 1.90. The van der Waals surface area contributed by atoms with Gasteiger partial charge in [-0.15, -0.1) is 0 Å². The summed E-state index contributed by atoms with van der Waals surface area (Å²) in [6, 6.07) is 11.1. The molecule has 1 fully saturated rings. The van der Waals surface area contributed by atoms with E-state index in [2.05, 4.69) is 41.5 Å². The predicted octanol–water partition coefficient (Wildman–Crippen LogP) is 3.06. The lowest BCUT2D eigenvalue weighted by molar-refractivity contribution is 0.415. The second-order valence-electron chi connectivity index (χ2n) is 7.64. The van der Waals surface area contributed by atoms with Gasteiger partial charge in [0, 0.05) is 40.2 Å². The Morgan fingerprint density at radius 1 is 1.31 bits per heavy atom. The lowest BCUT2D eigenvalue weighted by Gasteiger charge is -2.22. The molecule has 5 nitrogen and oxygen atoms in total. The first-order valence-electron chi connectivity index (χ1n) is 9.30. The predicted molar refractivity (Wildman–Crippen MR) is 106 cm³/mol. The number of ether oxygens (including phenoxy) is 1. The van der Waals surface area contributed by atoms with Crippen LogP contribution in [0.3, 0.4) is 0 Å². The Labute approximate surface area is 152 Å². The number of benzene rings is 2. The van der Waals surface area contributed by atoms with Crippen LogP contribution in [0.1, 0.15) is 31.0 Å². The Bertz CT molecular complexity index is 1050. The van der Waals surface area contributed by atoms with Crippen LogP contribution in [0.5, 0.6) is 5.75 Å². The number of hydrogen-bond acceptors (Lipinski definition) is 3. The second-order valence-corrected chi connectivity index (χ2v) is 7.64. The summed E-state index contributed by atoms with van der Waals surface area (Å²) in [6.07, 6.45) is 2.05. The van der Waals surface area contributed by atoms with E-state index in [1.54, 1.807) is 7.11 Å². The van der Waals surface area contributed by atoms with Gasteiger partial charge in [0.25, 0.3) is 0 Å². The van der Waals surface area contributed by atoms with Crippen molar-refractivity contribution >= 4 is 27.5 Å². The molecule has 4 N–H and O–H groups in total. The highest BCUT2D eigenvalue weighted by Crippen LogP contribution is 2.53. The van der Waals surface area contributed by atoms with Crippen molar-refractivity contribution in [2.45, 2.75) is 31.2 Å². The zero-order valence-corrected chi connectivity index (χ0v) is 15.2. The highest BCUT2D eigenvalue weighted by molar-refractivity contribution is 6.21. The van der Waals surface area contributed by atoms with Gasteiger partial charge in [0.15, 0.2) is 0 Å². The van der Waals surface area contributed by atoms with Gasteiger partial charge >= 0.3 is 0 Å². The van der Waals surface area contributed by atoms with E-state index in [0.29, 0.717) is 12.6 Å². The number of aliphatic imine (C=N–C) groups is 1. The fourth-order valence-corrected chi connectivity index (χ4v) is 4.29. The van der Waals surface area contributed by atoms with Crippen LogP contribution in [0.15, 0.2) is 35.3 Å². The highest BCUT2D eigenvalue weighted by atomic mass is 16.5. The molecule has 5 heteroatoms. The zero-order chi connectivity index (χ0) is 17.9. The quantitative estimate of drug-likeness (QED) is 0.634. The minimum atomic E-state index is 0.181. The standard InChI is InChI=1S/C21H24N4O/c1-21-11-16(21)25-20(23-9-3-8-22)18-17-14-6-5-13(26-2)10-12(14)4-7-15(17)24-19(18)21/h4-7,10,16,24H,3,8-9,11,22H2,1-2H3,(H,23,25). The maximum Gasteiger partial charge on any atom is 0.131 e. The van der Waals surface area contributed by atoms with Crippen LogP contribution in [-0.4, -0.2) is 37.1 Å². The molecule has 2 heterocycles. The van der Waals surface area contributed by atoms with Gasteiger partial charge in [0.1, 0.15) is 11.6 Å². The molecule has 0 radical (unpaired) electrons. The molecule has 0 bridgehead atoms. The van der Waals surface area contributed by atoms with Crippen LogP contribution in [-0.2, 0) is 5.41 Å². The average Bonchev–Trinajstić information content (AvgIpc) is 3.16. The van der Waals surface area contributed by atoms with Crippen LogP contribution >= 0.6 is 0 Å². The van der Waals surface area contributed by atoms with Crippen molar-refractivity contribution in [1.82, 2.24) is 10.3 Å². The van der Waals surface area contributed by atoms with Crippen molar-refractivity contribution in [2.24, 2.45) is 10.7 Å². The van der Waals surface area contributed by atoms with Gasteiger partial charge in [0.05, 0.1) is 7.11 Å². The van der Waals surface area contributed by atoms with E-state index < -0.39 is 0 Å². The third kappa shape index (κ3) is 2.10. The number of aromatic nitrogens is 1. The van der Waals surface area contributed by atoms with Gasteiger partial charge < -0.3 is 20.8 Å². The number of fused-ring (bicyclic) bond motifs is 7. The fourth-order valence-electron chi connectivity index (χ4n) is 4.29. The number of hydrogen-bond donors (Lipinski definition) is 3. The van der Waals surface area contributed by atoms with Crippen LogP contribution in [0.25, 0.3) is 21.7 Å². The first kappa shape index (κ1) is 15.7. The Morgan fingerprint density at radius 2 is 2.19 bits per heavy atom. The maximum absolute atomic E-state index is 5.66. The molecule has 3 aromatic rings. The van der Waals surface area contributed by atoms with Gasteiger partial charge in [-0.05, 0) is 54.4 Å². The first-order chi connectivity index (χ1) is 12.7. The SMILES string of the molecule is COc1ccc2c(ccc3[nH]c4c(c32)C(=NCCCN)NC2CC42C)c1. The molecule has 2 atom stereocenters. The van der Waals surface area contributed by atoms with E-state index in [1.807, 2.05) is 6.07 Å². The molecule has 2 aliphatic rings. The number of nitrogens with zero attached hydrogens (tertiary/aromatic N) is 1. The smallest absolute Gasteiger partial charge is 0.131 e. The summed E-state index contributed by atoms with van der Waals surface area (Å²) in [5, 5.41) is 7.35. The Kier molecular flexibility index (Phi) is 3.31. The minimum Gasteiger partial charge on any atom is -0.497 e. The lowest BCUT2D eigenvalue weighted by Crippen LogP contribution is -2.37. The van der Waals surface area contributed by atoms with E-state index >= 15 is 0 Å². The summed E-state index contributed by atoms with van der Waals surface area (Å²) < 4.78 is 5.40. The Balaban J connectivity index is 1.78. The average molecular weight is 348 g/mol. The number of amidine groups is 1. The Morgan fingerprint density at radius 3 is 3.00 bits per heavy atom. The van der Waals surface area contributed by atoms with E-state index in [0.717, 1.165) is 31.0 Å². The Hall–Kier alpha value is -2.53. The highest BCUT2D eigenvalue weighted by Gasteiger charge is 2.57. The largest absolute Gasteiger partial charge is 0.497 e. The van der Waals surface area contributed by atoms with Crippen LogP contribution < -0.4 is 15.8 Å². The fraction of sp³-hybridized carbons (Fsp3) is 0.381. The van der Waals surface area contributed by atoms with Gasteiger partial charge in [-0.2, -0.15) is 0 Å². The minimum absolute atomic E-state index is 0.181. The maximum atomic E-state index is 5.66. The van der Waals surface area contributed by atoms with E-state index in [9.17, 15) is 0 Å². The molecular weight excluding hydrogens is 324 g/mol. The van der Waals surface area contributed by atoms with Crippen molar-refractivity contribution < 1.29 is 4.74 Å². The van der Waals surface area contributed by atoms with Gasteiger partial charge in [-0.1, -0.05) is 13.0 Å². The molecular formula is C21H24N4O. The molecule has 2 unspecified atom stereocenters. The third-order valence-electron chi connectivity index (χ3n) is 5.97. The van der Waals surface area contributed by atoms with Gasteiger partial charge in [0.2, 0.25) is 0 Å². The van der Waals surface area contributed by atoms with Crippen molar-refractivity contribution in [3.05, 3.63) is 41.6 Å². The summed E-state index contributed by atoms with van der Waals surface area (Å²) in [4.78, 5) is 8.58. The van der Waals surface area contributed by atoms with Crippen molar-refractivity contribution in [1.29, 1.82) is 0 Å². The van der Waals surface area contributed by atoms with Crippen LogP contribution in [0.4, 0.5) is 0 Å². The molecule has 134 valence electrons.